The number of carbonyl (C=O) groups excluding carboxylic acids is 1. The second-order valence-corrected chi connectivity index (χ2v) is 8.81. The van der Waals surface area contributed by atoms with Crippen molar-refractivity contribution in [1.29, 1.82) is 0 Å². The van der Waals surface area contributed by atoms with E-state index in [2.05, 4.69) is 46.4 Å². The molecule has 1 amide bonds. The van der Waals surface area contributed by atoms with E-state index in [0.717, 1.165) is 59.7 Å². The Bertz CT molecular complexity index is 1240. The number of hydrogen-bond acceptors (Lipinski definition) is 4. The number of furan rings is 1. The third kappa shape index (κ3) is 4.42. The van der Waals surface area contributed by atoms with Crippen molar-refractivity contribution >= 4 is 22.6 Å². The molecule has 1 aliphatic heterocycles. The highest BCUT2D eigenvalue weighted by molar-refractivity contribution is 6.09. The zero-order chi connectivity index (χ0) is 22.8. The summed E-state index contributed by atoms with van der Waals surface area (Å²) in [6, 6.07) is 25.9. The Morgan fingerprint density at radius 1 is 0.879 bits per heavy atom. The largest absolute Gasteiger partial charge is 0.457 e. The minimum absolute atomic E-state index is 0.0828. The number of para-hydroxylation sites is 1. The lowest BCUT2D eigenvalue weighted by Gasteiger charge is -2.37. The van der Waals surface area contributed by atoms with Crippen LogP contribution in [0.5, 0.6) is 0 Å². The van der Waals surface area contributed by atoms with E-state index < -0.39 is 0 Å². The second kappa shape index (κ2) is 9.22. The molecule has 1 aliphatic rings. The van der Waals surface area contributed by atoms with Crippen LogP contribution >= 0.6 is 0 Å². The number of fused-ring (bicyclic) bond motifs is 1. The highest BCUT2D eigenvalue weighted by Crippen LogP contribution is 2.40. The first-order valence-corrected chi connectivity index (χ1v) is 11.5. The monoisotopic (exact) mass is 439 g/mol. The van der Waals surface area contributed by atoms with Crippen LogP contribution in [0.3, 0.4) is 0 Å². The van der Waals surface area contributed by atoms with Gasteiger partial charge in [-0.25, -0.2) is 0 Å². The SMILES string of the molecule is Cc1ccc(C(=O)Nc2c([C@@H](c3ccccc3)N3CCN(C)CC3)oc3ccccc23)cc1. The van der Waals surface area contributed by atoms with Crippen LogP contribution in [0, 0.1) is 6.92 Å². The number of nitrogens with one attached hydrogen (secondary N) is 1. The fourth-order valence-electron chi connectivity index (χ4n) is 4.52. The average molecular weight is 440 g/mol. The number of amides is 1. The van der Waals surface area contributed by atoms with Crippen LogP contribution in [0.4, 0.5) is 5.69 Å². The van der Waals surface area contributed by atoms with Crippen LogP contribution < -0.4 is 5.32 Å². The Morgan fingerprint density at radius 2 is 1.55 bits per heavy atom. The highest BCUT2D eigenvalue weighted by Gasteiger charge is 2.32. The summed E-state index contributed by atoms with van der Waals surface area (Å²) in [5.41, 5.74) is 4.45. The van der Waals surface area contributed by atoms with Crippen molar-refractivity contribution in [2.24, 2.45) is 0 Å². The zero-order valence-electron chi connectivity index (χ0n) is 19.1. The highest BCUT2D eigenvalue weighted by atomic mass is 16.3. The van der Waals surface area contributed by atoms with Gasteiger partial charge >= 0.3 is 0 Å². The Labute approximate surface area is 194 Å². The fraction of sp³-hybridized carbons (Fsp3) is 0.250. The van der Waals surface area contributed by atoms with E-state index in [-0.39, 0.29) is 11.9 Å². The zero-order valence-corrected chi connectivity index (χ0v) is 19.1. The lowest BCUT2D eigenvalue weighted by atomic mass is 10.00. The molecule has 1 fully saturated rings. The number of piperazine rings is 1. The standard InChI is InChI=1S/C28H29N3O2/c1-20-12-14-22(15-13-20)28(32)29-25-23-10-6-7-11-24(23)33-27(25)26(21-8-4-3-5-9-21)31-18-16-30(2)17-19-31/h3-15,26H,16-19H2,1-2H3,(H,29,32)/t26-/m1/s1. The van der Waals surface area contributed by atoms with Crippen LogP contribution in [0.1, 0.15) is 33.3 Å². The van der Waals surface area contributed by atoms with Crippen molar-refractivity contribution in [3.05, 3.63) is 101 Å². The Kier molecular flexibility index (Phi) is 5.99. The molecule has 1 aromatic heterocycles. The van der Waals surface area contributed by atoms with Gasteiger partial charge in [0.1, 0.15) is 11.3 Å². The number of hydrogen-bond donors (Lipinski definition) is 1. The first-order valence-electron chi connectivity index (χ1n) is 11.5. The maximum Gasteiger partial charge on any atom is 0.255 e. The number of aryl methyl sites for hydroxylation is 1. The number of carbonyl (C=O) groups is 1. The molecule has 5 heteroatoms. The summed E-state index contributed by atoms with van der Waals surface area (Å²) in [7, 11) is 2.16. The molecule has 0 radical (unpaired) electrons. The molecule has 0 bridgehead atoms. The quantitative estimate of drug-likeness (QED) is 0.457. The van der Waals surface area contributed by atoms with Gasteiger partial charge in [0.2, 0.25) is 0 Å². The molecule has 3 aromatic carbocycles. The molecule has 5 rings (SSSR count). The molecule has 1 atom stereocenters. The van der Waals surface area contributed by atoms with E-state index in [1.165, 1.54) is 0 Å². The first kappa shape index (κ1) is 21.4. The van der Waals surface area contributed by atoms with Gasteiger partial charge in [-0.2, -0.15) is 0 Å². The molecular weight excluding hydrogens is 410 g/mol. The van der Waals surface area contributed by atoms with E-state index in [0.29, 0.717) is 5.56 Å². The van der Waals surface area contributed by atoms with Gasteiger partial charge in [0.25, 0.3) is 5.91 Å². The van der Waals surface area contributed by atoms with Crippen molar-refractivity contribution in [3.8, 4) is 0 Å². The number of anilines is 1. The van der Waals surface area contributed by atoms with Crippen molar-refractivity contribution in [3.63, 3.8) is 0 Å². The summed E-state index contributed by atoms with van der Waals surface area (Å²) in [5, 5.41) is 4.12. The Hall–Kier alpha value is -3.41. The molecule has 4 aromatic rings. The van der Waals surface area contributed by atoms with Gasteiger partial charge in [0, 0.05) is 37.1 Å². The van der Waals surface area contributed by atoms with E-state index in [1.807, 2.05) is 61.5 Å². The first-order chi connectivity index (χ1) is 16.1. The predicted molar refractivity (Wildman–Crippen MR) is 133 cm³/mol. The molecule has 0 unspecified atom stereocenters. The van der Waals surface area contributed by atoms with Crippen LogP contribution in [0.25, 0.3) is 11.0 Å². The number of likely N-dealkylation sites (N-methyl/N-ethyl adjacent to an activating group) is 1. The summed E-state index contributed by atoms with van der Waals surface area (Å²) in [6.45, 7) is 5.87. The maximum absolute atomic E-state index is 13.2. The van der Waals surface area contributed by atoms with Crippen molar-refractivity contribution < 1.29 is 9.21 Å². The van der Waals surface area contributed by atoms with Crippen LogP contribution in [-0.2, 0) is 0 Å². The molecule has 33 heavy (non-hydrogen) atoms. The van der Waals surface area contributed by atoms with E-state index in [4.69, 9.17) is 4.42 Å². The molecule has 168 valence electrons. The molecule has 0 saturated carbocycles. The van der Waals surface area contributed by atoms with Gasteiger partial charge in [-0.15, -0.1) is 0 Å². The van der Waals surface area contributed by atoms with Gasteiger partial charge in [-0.1, -0.05) is 60.2 Å². The van der Waals surface area contributed by atoms with Crippen LogP contribution in [-0.4, -0.2) is 48.9 Å². The summed E-state index contributed by atoms with van der Waals surface area (Å²) in [6.07, 6.45) is 0. The summed E-state index contributed by atoms with van der Waals surface area (Å²) < 4.78 is 6.48. The summed E-state index contributed by atoms with van der Waals surface area (Å²) in [5.74, 6) is 0.653. The van der Waals surface area contributed by atoms with E-state index in [1.54, 1.807) is 0 Å². The summed E-state index contributed by atoms with van der Waals surface area (Å²) in [4.78, 5) is 18.0. The van der Waals surface area contributed by atoms with Crippen molar-refractivity contribution in [2.75, 3.05) is 38.5 Å². The number of nitrogens with zero attached hydrogens (tertiary/aromatic N) is 2. The van der Waals surface area contributed by atoms with E-state index in [9.17, 15) is 4.79 Å². The lowest BCUT2D eigenvalue weighted by Crippen LogP contribution is -2.46. The lowest BCUT2D eigenvalue weighted by molar-refractivity contribution is 0.102. The van der Waals surface area contributed by atoms with Gasteiger partial charge in [0.05, 0.1) is 11.7 Å². The summed E-state index contributed by atoms with van der Waals surface area (Å²) >= 11 is 0. The molecule has 2 heterocycles. The molecule has 0 aliphatic carbocycles. The molecule has 0 spiro atoms. The molecule has 5 nitrogen and oxygen atoms in total. The van der Waals surface area contributed by atoms with Crippen LogP contribution in [0.15, 0.2) is 83.3 Å². The normalized spacial score (nSPS) is 16.1. The molecule has 1 saturated heterocycles. The second-order valence-electron chi connectivity index (χ2n) is 8.81. The minimum Gasteiger partial charge on any atom is -0.457 e. The van der Waals surface area contributed by atoms with Gasteiger partial charge in [-0.05, 0) is 43.8 Å². The number of benzene rings is 3. The third-order valence-electron chi connectivity index (χ3n) is 6.44. The van der Waals surface area contributed by atoms with Crippen molar-refractivity contribution in [2.45, 2.75) is 13.0 Å². The smallest absolute Gasteiger partial charge is 0.255 e. The van der Waals surface area contributed by atoms with Gasteiger partial charge in [0.15, 0.2) is 0 Å². The molecular formula is C28H29N3O2. The minimum atomic E-state index is -0.131. The number of rotatable bonds is 5. The van der Waals surface area contributed by atoms with Gasteiger partial charge < -0.3 is 14.6 Å². The van der Waals surface area contributed by atoms with Gasteiger partial charge in [-0.3, -0.25) is 9.69 Å². The maximum atomic E-state index is 13.2. The van der Waals surface area contributed by atoms with Crippen molar-refractivity contribution in [1.82, 2.24) is 9.80 Å². The Balaban J connectivity index is 1.60. The Morgan fingerprint density at radius 3 is 2.27 bits per heavy atom. The molecule has 1 N–H and O–H groups in total. The third-order valence-corrected chi connectivity index (χ3v) is 6.44. The van der Waals surface area contributed by atoms with Crippen LogP contribution in [0.2, 0.25) is 0 Å². The topological polar surface area (TPSA) is 48.7 Å². The predicted octanol–water partition coefficient (Wildman–Crippen LogP) is 5.33. The average Bonchev–Trinajstić information content (AvgIpc) is 3.19. The fourth-order valence-corrected chi connectivity index (χ4v) is 4.52. The van der Waals surface area contributed by atoms with E-state index >= 15 is 0 Å².